The first-order valence-corrected chi connectivity index (χ1v) is 13.2. The molecule has 10 heteroatoms. The van der Waals surface area contributed by atoms with E-state index in [1.165, 1.54) is 28.2 Å². The molecule has 0 atom stereocenters. The molecule has 0 spiro atoms. The Morgan fingerprint density at radius 1 is 1.09 bits per heavy atom. The number of hydrogen-bond acceptors (Lipinski definition) is 6. The molecule has 2 aromatic carbocycles. The molecule has 2 heterocycles. The highest BCUT2D eigenvalue weighted by Crippen LogP contribution is 2.31. The molecule has 186 valence electrons. The van der Waals surface area contributed by atoms with Gasteiger partial charge in [-0.1, -0.05) is 38.5 Å². The van der Waals surface area contributed by atoms with Crippen LogP contribution in [0.25, 0.3) is 10.8 Å². The highest BCUT2D eigenvalue weighted by molar-refractivity contribution is 7.89. The summed E-state index contributed by atoms with van der Waals surface area (Å²) in [6.45, 7) is 5.20. The second-order valence-corrected chi connectivity index (χ2v) is 11.0. The zero-order valence-corrected chi connectivity index (χ0v) is 21.0. The smallest absolute Gasteiger partial charge is 0.276 e. The average molecular weight is 499 g/mol. The van der Waals surface area contributed by atoms with Gasteiger partial charge in [0, 0.05) is 30.7 Å². The van der Waals surface area contributed by atoms with E-state index in [1.807, 2.05) is 13.8 Å². The van der Waals surface area contributed by atoms with Crippen molar-refractivity contribution in [3.63, 3.8) is 0 Å². The lowest BCUT2D eigenvalue weighted by molar-refractivity contribution is 0.102. The molecule has 0 aliphatic carbocycles. The van der Waals surface area contributed by atoms with Crippen molar-refractivity contribution >= 4 is 32.4 Å². The third-order valence-corrected chi connectivity index (χ3v) is 7.90. The molecule has 35 heavy (non-hydrogen) atoms. The molecule has 0 bridgehead atoms. The number of sulfonamides is 1. The van der Waals surface area contributed by atoms with Crippen LogP contribution in [-0.2, 0) is 16.6 Å². The molecule has 3 aromatic rings. The summed E-state index contributed by atoms with van der Waals surface area (Å²) in [5.74, 6) is -0.172. The fraction of sp³-hybridized carbons (Fsp3) is 0.400. The van der Waals surface area contributed by atoms with Crippen molar-refractivity contribution in [2.45, 2.75) is 44.6 Å². The van der Waals surface area contributed by atoms with E-state index in [9.17, 15) is 18.0 Å². The van der Waals surface area contributed by atoms with E-state index in [4.69, 9.17) is 4.74 Å². The minimum Gasteiger partial charge on any atom is -0.495 e. The van der Waals surface area contributed by atoms with Gasteiger partial charge in [-0.05, 0) is 43.0 Å². The van der Waals surface area contributed by atoms with E-state index >= 15 is 0 Å². The molecule has 0 radical (unpaired) electrons. The van der Waals surface area contributed by atoms with Gasteiger partial charge in [-0.2, -0.15) is 9.40 Å². The summed E-state index contributed by atoms with van der Waals surface area (Å²) >= 11 is 0. The molecule has 4 rings (SSSR count). The molecule has 1 aliphatic heterocycles. The zero-order valence-electron chi connectivity index (χ0n) is 20.2. The SMILES string of the molecule is COc1ccc(NC(=O)c2nn(CC(C)C)c(=O)c3ccccc23)cc1S(=O)(=O)N1CCCCC1. The van der Waals surface area contributed by atoms with Crippen LogP contribution in [0.1, 0.15) is 43.6 Å². The Labute approximate surface area is 204 Å². The lowest BCUT2D eigenvalue weighted by Gasteiger charge is -2.26. The number of aromatic nitrogens is 2. The molecule has 0 saturated carbocycles. The van der Waals surface area contributed by atoms with Crippen molar-refractivity contribution in [2.24, 2.45) is 5.92 Å². The van der Waals surface area contributed by atoms with Crippen molar-refractivity contribution in [3.8, 4) is 5.75 Å². The second kappa shape index (κ2) is 10.2. The molecule has 1 fully saturated rings. The van der Waals surface area contributed by atoms with Crippen LogP contribution in [0.3, 0.4) is 0 Å². The van der Waals surface area contributed by atoms with Crippen molar-refractivity contribution in [3.05, 3.63) is 58.5 Å². The third kappa shape index (κ3) is 5.08. The van der Waals surface area contributed by atoms with E-state index in [0.29, 0.717) is 36.1 Å². The van der Waals surface area contributed by atoms with Crippen LogP contribution < -0.4 is 15.6 Å². The Balaban J connectivity index is 1.72. The molecule has 1 saturated heterocycles. The predicted octanol–water partition coefficient (Wildman–Crippen LogP) is 3.49. The van der Waals surface area contributed by atoms with Crippen LogP contribution in [0.4, 0.5) is 5.69 Å². The molecular weight excluding hydrogens is 468 g/mol. The molecule has 1 aliphatic rings. The number of rotatable bonds is 7. The van der Waals surface area contributed by atoms with Crippen LogP contribution in [0.15, 0.2) is 52.2 Å². The van der Waals surface area contributed by atoms with Crippen LogP contribution in [0, 0.1) is 5.92 Å². The summed E-state index contributed by atoms with van der Waals surface area (Å²) < 4.78 is 34.7. The number of fused-ring (bicyclic) bond motifs is 1. The minimum absolute atomic E-state index is 0.00213. The number of nitrogens with one attached hydrogen (secondary N) is 1. The maximum Gasteiger partial charge on any atom is 0.276 e. The second-order valence-electron chi connectivity index (χ2n) is 9.06. The van der Waals surface area contributed by atoms with Gasteiger partial charge in [0.1, 0.15) is 10.6 Å². The predicted molar refractivity (Wildman–Crippen MR) is 134 cm³/mol. The number of nitrogens with zero attached hydrogens (tertiary/aromatic N) is 3. The first-order valence-electron chi connectivity index (χ1n) is 11.7. The number of anilines is 1. The van der Waals surface area contributed by atoms with E-state index in [-0.39, 0.29) is 27.8 Å². The Morgan fingerprint density at radius 3 is 2.43 bits per heavy atom. The highest BCUT2D eigenvalue weighted by Gasteiger charge is 2.29. The maximum atomic E-state index is 13.3. The number of carbonyl (C=O) groups is 1. The third-order valence-electron chi connectivity index (χ3n) is 5.98. The summed E-state index contributed by atoms with van der Waals surface area (Å²) in [4.78, 5) is 26.2. The van der Waals surface area contributed by atoms with Crippen molar-refractivity contribution < 1.29 is 17.9 Å². The highest BCUT2D eigenvalue weighted by atomic mass is 32.2. The summed E-state index contributed by atoms with van der Waals surface area (Å²) in [5, 5.41) is 7.95. The van der Waals surface area contributed by atoms with Gasteiger partial charge in [-0.15, -0.1) is 0 Å². The lowest BCUT2D eigenvalue weighted by Crippen LogP contribution is -2.35. The lowest BCUT2D eigenvalue weighted by atomic mass is 10.1. The summed E-state index contributed by atoms with van der Waals surface area (Å²) in [6.07, 6.45) is 2.62. The Bertz CT molecular complexity index is 1410. The number of amides is 1. The average Bonchev–Trinajstić information content (AvgIpc) is 2.86. The van der Waals surface area contributed by atoms with Gasteiger partial charge in [0.15, 0.2) is 5.69 Å². The number of carbonyl (C=O) groups excluding carboxylic acids is 1. The fourth-order valence-corrected chi connectivity index (χ4v) is 5.96. The Morgan fingerprint density at radius 2 is 1.77 bits per heavy atom. The van der Waals surface area contributed by atoms with Gasteiger partial charge in [0.05, 0.1) is 12.5 Å². The van der Waals surface area contributed by atoms with Gasteiger partial charge in [0.25, 0.3) is 11.5 Å². The minimum atomic E-state index is -3.79. The summed E-state index contributed by atoms with van der Waals surface area (Å²) in [5.41, 5.74) is 0.126. The van der Waals surface area contributed by atoms with Gasteiger partial charge in [-0.25, -0.2) is 13.1 Å². The number of hydrogen-bond donors (Lipinski definition) is 1. The van der Waals surface area contributed by atoms with E-state index < -0.39 is 15.9 Å². The number of methoxy groups -OCH3 is 1. The number of ether oxygens (including phenoxy) is 1. The van der Waals surface area contributed by atoms with Crippen LogP contribution >= 0.6 is 0 Å². The number of piperidine rings is 1. The van der Waals surface area contributed by atoms with Crippen LogP contribution in [-0.4, -0.2) is 48.6 Å². The molecule has 9 nitrogen and oxygen atoms in total. The standard InChI is InChI=1S/C25H30N4O5S/c1-17(2)16-29-25(31)20-10-6-5-9-19(20)23(27-29)24(30)26-18-11-12-21(34-3)22(15-18)35(32,33)28-13-7-4-8-14-28/h5-6,9-12,15,17H,4,7-8,13-14,16H2,1-3H3,(H,26,30). The molecule has 1 aromatic heterocycles. The van der Waals surface area contributed by atoms with Gasteiger partial charge < -0.3 is 10.1 Å². The number of benzene rings is 2. The zero-order chi connectivity index (χ0) is 25.2. The monoisotopic (exact) mass is 498 g/mol. The summed E-state index contributed by atoms with van der Waals surface area (Å²) in [6, 6.07) is 11.3. The van der Waals surface area contributed by atoms with E-state index in [2.05, 4.69) is 10.4 Å². The fourth-order valence-electron chi connectivity index (χ4n) is 4.26. The van der Waals surface area contributed by atoms with Gasteiger partial charge in [-0.3, -0.25) is 9.59 Å². The quantitative estimate of drug-likeness (QED) is 0.534. The maximum absolute atomic E-state index is 13.3. The summed E-state index contributed by atoms with van der Waals surface area (Å²) in [7, 11) is -2.38. The van der Waals surface area contributed by atoms with Crippen molar-refractivity contribution in [1.82, 2.24) is 14.1 Å². The van der Waals surface area contributed by atoms with Crippen LogP contribution in [0.5, 0.6) is 5.75 Å². The first kappa shape index (κ1) is 24.9. The molecule has 1 amide bonds. The Kier molecular flexibility index (Phi) is 7.23. The topological polar surface area (TPSA) is 111 Å². The van der Waals surface area contributed by atoms with Crippen molar-refractivity contribution in [2.75, 3.05) is 25.5 Å². The van der Waals surface area contributed by atoms with Crippen molar-refractivity contribution in [1.29, 1.82) is 0 Å². The molecule has 1 N–H and O–H groups in total. The van der Waals surface area contributed by atoms with Crippen LogP contribution in [0.2, 0.25) is 0 Å². The van der Waals surface area contributed by atoms with E-state index in [0.717, 1.165) is 19.3 Å². The van der Waals surface area contributed by atoms with Gasteiger partial charge in [0.2, 0.25) is 10.0 Å². The van der Waals surface area contributed by atoms with Gasteiger partial charge >= 0.3 is 0 Å². The van der Waals surface area contributed by atoms with E-state index in [1.54, 1.807) is 30.3 Å². The largest absolute Gasteiger partial charge is 0.495 e. The Hall–Kier alpha value is -3.24. The molecular formula is C25H30N4O5S. The normalized spacial score (nSPS) is 14.9. The molecule has 0 unspecified atom stereocenters. The first-order chi connectivity index (χ1) is 16.7.